The van der Waals surface area contributed by atoms with Crippen LogP contribution in [0.5, 0.6) is 11.5 Å². The number of Topliss-reactive ketones (excluding diaryl/α,β-unsaturated/α-hetero) is 1. The van der Waals surface area contributed by atoms with Crippen molar-refractivity contribution < 1.29 is 28.6 Å². The van der Waals surface area contributed by atoms with Crippen molar-refractivity contribution >= 4 is 17.7 Å². The third-order valence-corrected chi connectivity index (χ3v) is 5.16. The minimum atomic E-state index is -1.03. The van der Waals surface area contributed by atoms with Gasteiger partial charge in [-0.05, 0) is 42.3 Å². The Hall–Kier alpha value is -3.35. The minimum Gasteiger partial charge on any atom is -0.497 e. The summed E-state index contributed by atoms with van der Waals surface area (Å²) in [6.07, 6.45) is 0. The third-order valence-electron chi connectivity index (χ3n) is 5.16. The smallest absolute Gasteiger partial charge is 0.329 e. The van der Waals surface area contributed by atoms with Crippen LogP contribution in [-0.4, -0.2) is 49.9 Å². The number of amides is 1. The Labute approximate surface area is 169 Å². The van der Waals surface area contributed by atoms with E-state index in [4.69, 9.17) is 14.2 Å². The van der Waals surface area contributed by atoms with Crippen molar-refractivity contribution in [1.29, 1.82) is 0 Å². The van der Waals surface area contributed by atoms with Gasteiger partial charge in [0, 0.05) is 0 Å². The second kappa shape index (κ2) is 8.34. The molecule has 2 atom stereocenters. The molecule has 1 aliphatic heterocycles. The van der Waals surface area contributed by atoms with Gasteiger partial charge in [-0.25, -0.2) is 4.79 Å². The Bertz CT molecular complexity index is 858. The van der Waals surface area contributed by atoms with Crippen LogP contribution in [0.2, 0.25) is 0 Å². The summed E-state index contributed by atoms with van der Waals surface area (Å²) in [7, 11) is 4.38. The summed E-state index contributed by atoms with van der Waals surface area (Å²) < 4.78 is 15.3. The largest absolute Gasteiger partial charge is 0.497 e. The molecule has 0 aromatic heterocycles. The number of rotatable bonds is 7. The average Bonchev–Trinajstić information content (AvgIpc) is 2.74. The summed E-state index contributed by atoms with van der Waals surface area (Å²) in [5.74, 6) is -1.06. The van der Waals surface area contributed by atoms with Gasteiger partial charge in [0.05, 0.1) is 27.4 Å². The Kier molecular flexibility index (Phi) is 5.87. The first-order valence-corrected chi connectivity index (χ1v) is 9.11. The van der Waals surface area contributed by atoms with Crippen molar-refractivity contribution in [2.45, 2.75) is 19.0 Å². The fourth-order valence-electron chi connectivity index (χ4n) is 3.65. The van der Waals surface area contributed by atoms with Crippen molar-refractivity contribution in [2.75, 3.05) is 21.3 Å². The van der Waals surface area contributed by atoms with Gasteiger partial charge in [0.2, 0.25) is 5.91 Å². The van der Waals surface area contributed by atoms with Gasteiger partial charge >= 0.3 is 5.97 Å². The lowest BCUT2D eigenvalue weighted by atomic mass is 9.80. The van der Waals surface area contributed by atoms with Gasteiger partial charge in [-0.2, -0.15) is 0 Å². The van der Waals surface area contributed by atoms with E-state index in [0.717, 1.165) is 11.1 Å². The minimum absolute atomic E-state index is 0.357. The molecule has 0 aliphatic carbocycles. The van der Waals surface area contributed by atoms with E-state index in [1.807, 2.05) is 24.3 Å². The zero-order valence-electron chi connectivity index (χ0n) is 16.7. The zero-order valence-corrected chi connectivity index (χ0v) is 16.7. The molecule has 7 heteroatoms. The first kappa shape index (κ1) is 20.4. The van der Waals surface area contributed by atoms with Crippen LogP contribution >= 0.6 is 0 Å². The monoisotopic (exact) mass is 397 g/mol. The summed E-state index contributed by atoms with van der Waals surface area (Å²) in [5.41, 5.74) is 1.56. The van der Waals surface area contributed by atoms with Gasteiger partial charge in [-0.1, -0.05) is 24.3 Å². The van der Waals surface area contributed by atoms with Gasteiger partial charge < -0.3 is 19.1 Å². The SMILES string of the molecule is COC(=O)C1C(C(C)=O)C(=O)N1C(c1ccc(OC)cc1)c1ccc(OC)cc1. The molecule has 1 amide bonds. The van der Waals surface area contributed by atoms with E-state index in [1.54, 1.807) is 38.5 Å². The van der Waals surface area contributed by atoms with E-state index < -0.39 is 29.9 Å². The van der Waals surface area contributed by atoms with Crippen LogP contribution in [0.25, 0.3) is 0 Å². The normalized spacial score (nSPS) is 18.2. The van der Waals surface area contributed by atoms with Crippen LogP contribution in [0.1, 0.15) is 24.1 Å². The molecule has 2 unspecified atom stereocenters. The molecule has 1 saturated heterocycles. The van der Waals surface area contributed by atoms with Gasteiger partial charge in [0.1, 0.15) is 29.2 Å². The van der Waals surface area contributed by atoms with Crippen LogP contribution in [0.4, 0.5) is 0 Å². The number of benzene rings is 2. The van der Waals surface area contributed by atoms with Crippen molar-refractivity contribution in [2.24, 2.45) is 5.92 Å². The Balaban J connectivity index is 2.09. The van der Waals surface area contributed by atoms with Crippen LogP contribution in [0.15, 0.2) is 48.5 Å². The van der Waals surface area contributed by atoms with Crippen LogP contribution < -0.4 is 9.47 Å². The van der Waals surface area contributed by atoms with Crippen LogP contribution in [0.3, 0.4) is 0 Å². The van der Waals surface area contributed by atoms with E-state index in [-0.39, 0.29) is 5.78 Å². The molecule has 7 nitrogen and oxygen atoms in total. The number of carbonyl (C=O) groups is 3. The van der Waals surface area contributed by atoms with E-state index in [9.17, 15) is 14.4 Å². The second-order valence-corrected chi connectivity index (χ2v) is 6.75. The number of nitrogens with zero attached hydrogens (tertiary/aromatic N) is 1. The fourth-order valence-corrected chi connectivity index (χ4v) is 3.65. The number of likely N-dealkylation sites (tertiary alicyclic amines) is 1. The van der Waals surface area contributed by atoms with Crippen LogP contribution in [-0.2, 0) is 19.1 Å². The molecule has 1 fully saturated rings. The number of hydrogen-bond donors (Lipinski definition) is 0. The summed E-state index contributed by atoms with van der Waals surface area (Å²) in [6, 6.07) is 12.9. The third kappa shape index (κ3) is 3.68. The standard InChI is InChI=1S/C22H23NO6/c1-13(24)18-20(22(26)29-4)23(21(18)25)19(14-5-9-16(27-2)10-6-14)15-7-11-17(28-3)12-8-15/h5-12,18-20H,1-4H3. The lowest BCUT2D eigenvalue weighted by Crippen LogP contribution is -2.67. The van der Waals surface area contributed by atoms with E-state index in [2.05, 4.69) is 0 Å². The van der Waals surface area contributed by atoms with E-state index in [0.29, 0.717) is 11.5 Å². The number of carbonyl (C=O) groups excluding carboxylic acids is 3. The predicted octanol–water partition coefficient (Wildman–Crippen LogP) is 2.38. The average molecular weight is 397 g/mol. The highest BCUT2D eigenvalue weighted by atomic mass is 16.5. The van der Waals surface area contributed by atoms with Crippen LogP contribution in [0, 0.1) is 5.92 Å². The molecule has 1 heterocycles. The molecule has 2 aromatic rings. The predicted molar refractivity (Wildman–Crippen MR) is 105 cm³/mol. The highest BCUT2D eigenvalue weighted by Crippen LogP contribution is 2.41. The van der Waals surface area contributed by atoms with Crippen molar-refractivity contribution in [3.05, 3.63) is 59.7 Å². The summed E-state index contributed by atoms with van der Waals surface area (Å²) >= 11 is 0. The van der Waals surface area contributed by atoms with Crippen molar-refractivity contribution in [1.82, 2.24) is 4.90 Å². The molecule has 0 saturated carbocycles. The van der Waals surface area contributed by atoms with Gasteiger partial charge in [-0.15, -0.1) is 0 Å². The maximum absolute atomic E-state index is 12.9. The quantitative estimate of drug-likeness (QED) is 0.405. The van der Waals surface area contributed by atoms with Crippen molar-refractivity contribution in [3.63, 3.8) is 0 Å². The van der Waals surface area contributed by atoms with Gasteiger partial charge in [-0.3, -0.25) is 9.59 Å². The zero-order chi connectivity index (χ0) is 21.1. The highest BCUT2D eigenvalue weighted by molar-refractivity contribution is 6.11. The Morgan fingerprint density at radius 2 is 1.31 bits per heavy atom. The molecule has 152 valence electrons. The number of β-lactam (4-membered cyclic amide) rings is 1. The number of esters is 1. The Morgan fingerprint density at radius 1 is 0.862 bits per heavy atom. The molecule has 0 radical (unpaired) electrons. The maximum atomic E-state index is 12.9. The second-order valence-electron chi connectivity index (χ2n) is 6.75. The number of methoxy groups -OCH3 is 3. The number of hydrogen-bond acceptors (Lipinski definition) is 6. The molecule has 29 heavy (non-hydrogen) atoms. The Morgan fingerprint density at radius 3 is 1.66 bits per heavy atom. The summed E-state index contributed by atoms with van der Waals surface area (Å²) in [4.78, 5) is 38.7. The fraction of sp³-hybridized carbons (Fsp3) is 0.318. The van der Waals surface area contributed by atoms with E-state index in [1.165, 1.54) is 18.9 Å². The number of ketones is 1. The maximum Gasteiger partial charge on any atom is 0.329 e. The molecule has 0 N–H and O–H groups in total. The highest BCUT2D eigenvalue weighted by Gasteiger charge is 2.57. The molecule has 0 bridgehead atoms. The first-order chi connectivity index (χ1) is 13.9. The molecular weight excluding hydrogens is 374 g/mol. The molecule has 0 spiro atoms. The van der Waals surface area contributed by atoms with Gasteiger partial charge in [0.15, 0.2) is 0 Å². The lowest BCUT2D eigenvalue weighted by Gasteiger charge is -2.48. The molecule has 2 aromatic carbocycles. The number of ether oxygens (including phenoxy) is 3. The molecular formula is C22H23NO6. The van der Waals surface area contributed by atoms with Crippen molar-refractivity contribution in [3.8, 4) is 11.5 Å². The lowest BCUT2D eigenvalue weighted by molar-refractivity contribution is -0.177. The topological polar surface area (TPSA) is 82.1 Å². The van der Waals surface area contributed by atoms with E-state index >= 15 is 0 Å². The molecule has 3 rings (SSSR count). The molecule has 1 aliphatic rings. The van der Waals surface area contributed by atoms with Gasteiger partial charge in [0.25, 0.3) is 0 Å². The summed E-state index contributed by atoms with van der Waals surface area (Å²) in [5, 5.41) is 0. The summed E-state index contributed by atoms with van der Waals surface area (Å²) in [6.45, 7) is 1.31. The first-order valence-electron chi connectivity index (χ1n) is 9.11.